The quantitative estimate of drug-likeness (QED) is 0.730. The van der Waals surface area contributed by atoms with Gasteiger partial charge in [0.05, 0.1) is 4.88 Å². The number of nitrogens with two attached hydrogens (primary N) is 1. The Bertz CT molecular complexity index is 318. The lowest BCUT2D eigenvalue weighted by Crippen LogP contribution is -2.16. The fourth-order valence-corrected chi connectivity index (χ4v) is 1.85. The second-order valence-electron chi connectivity index (χ2n) is 2.12. The molecule has 2 nitrogen and oxygen atoms in total. The fraction of sp³-hybridized carbons (Fsp3) is 0.143. The summed E-state index contributed by atoms with van der Waals surface area (Å²) in [6, 6.07) is 3.86. The van der Waals surface area contributed by atoms with E-state index < -0.39 is 0 Å². The molecule has 0 saturated carbocycles. The molecule has 0 aliphatic rings. The highest BCUT2D eigenvalue weighted by Gasteiger charge is 2.05. The first-order chi connectivity index (χ1) is 5.59. The molecule has 0 bridgehead atoms. The molecule has 0 amide bonds. The number of ether oxygens (including phenoxy) is 1. The van der Waals surface area contributed by atoms with Gasteiger partial charge >= 0.3 is 0 Å². The van der Waals surface area contributed by atoms with Gasteiger partial charge in [-0.15, -0.1) is 11.3 Å². The summed E-state index contributed by atoms with van der Waals surface area (Å²) < 4.78 is 4.90. The molecule has 0 aliphatic heterocycles. The monoisotopic (exact) mass is 217 g/mol. The van der Waals surface area contributed by atoms with Crippen LogP contribution in [0, 0.1) is 6.92 Å². The minimum absolute atomic E-state index is 0.0361. The van der Waals surface area contributed by atoms with Gasteiger partial charge in [0, 0.05) is 4.88 Å². The van der Waals surface area contributed by atoms with Crippen molar-refractivity contribution in [1.29, 1.82) is 0 Å². The summed E-state index contributed by atoms with van der Waals surface area (Å²) >= 11 is 11.0. The van der Waals surface area contributed by atoms with E-state index in [1.54, 1.807) is 11.3 Å². The molecule has 1 aromatic rings. The Hall–Kier alpha value is -0.520. The van der Waals surface area contributed by atoms with E-state index in [1.165, 1.54) is 4.88 Å². The summed E-state index contributed by atoms with van der Waals surface area (Å²) in [6.45, 7) is 2.00. The van der Waals surface area contributed by atoms with Gasteiger partial charge in [-0.05, 0) is 43.5 Å². The third-order valence-electron chi connectivity index (χ3n) is 1.13. The van der Waals surface area contributed by atoms with Crippen LogP contribution in [0.2, 0.25) is 0 Å². The molecule has 2 N–H and O–H groups in total. The van der Waals surface area contributed by atoms with E-state index in [0.717, 1.165) is 4.88 Å². The topological polar surface area (TPSA) is 35.2 Å². The van der Waals surface area contributed by atoms with E-state index >= 15 is 0 Å². The van der Waals surface area contributed by atoms with Crippen molar-refractivity contribution in [3.05, 3.63) is 21.9 Å². The van der Waals surface area contributed by atoms with Gasteiger partial charge in [0.25, 0.3) is 5.17 Å². The zero-order valence-electron chi connectivity index (χ0n) is 6.37. The van der Waals surface area contributed by atoms with Crippen LogP contribution in [0.3, 0.4) is 0 Å². The molecule has 0 unspecified atom stereocenters. The van der Waals surface area contributed by atoms with Crippen molar-refractivity contribution >= 4 is 46.0 Å². The van der Waals surface area contributed by atoms with Gasteiger partial charge in [-0.3, -0.25) is 0 Å². The first kappa shape index (κ1) is 9.57. The Morgan fingerprint density at radius 1 is 1.50 bits per heavy atom. The van der Waals surface area contributed by atoms with Crippen molar-refractivity contribution in [2.24, 2.45) is 5.73 Å². The smallest absolute Gasteiger partial charge is 0.260 e. The normalized spacial score (nSPS) is 9.42. The van der Waals surface area contributed by atoms with E-state index in [1.807, 2.05) is 19.1 Å². The van der Waals surface area contributed by atoms with E-state index in [0.29, 0.717) is 5.05 Å². The maximum atomic E-state index is 5.16. The summed E-state index contributed by atoms with van der Waals surface area (Å²) in [5, 5.41) is 0.312. The molecular formula is C7H7NOS3. The van der Waals surface area contributed by atoms with Crippen LogP contribution in [-0.2, 0) is 4.74 Å². The lowest BCUT2D eigenvalue weighted by molar-refractivity contribution is 0.569. The molecule has 5 heteroatoms. The standard InChI is InChI=1S/C7H7NOS3/c1-4-2-3-5(12-4)6(10)9-7(8)11/h2-3H,1H3,(H2,8,11). The Labute approximate surface area is 85.3 Å². The minimum atomic E-state index is -0.0361. The molecule has 0 saturated heterocycles. The van der Waals surface area contributed by atoms with Gasteiger partial charge in [-0.25, -0.2) is 0 Å². The van der Waals surface area contributed by atoms with Gasteiger partial charge in [0.15, 0.2) is 0 Å². The van der Waals surface area contributed by atoms with Gasteiger partial charge in [0.2, 0.25) is 5.05 Å². The molecule has 1 rings (SSSR count). The highest BCUT2D eigenvalue weighted by atomic mass is 32.1. The lowest BCUT2D eigenvalue weighted by Gasteiger charge is -2.00. The van der Waals surface area contributed by atoms with Crippen molar-refractivity contribution in [2.45, 2.75) is 6.92 Å². The molecule has 0 spiro atoms. The zero-order chi connectivity index (χ0) is 9.14. The largest absolute Gasteiger partial charge is 0.419 e. The summed E-state index contributed by atoms with van der Waals surface area (Å²) in [5.74, 6) is 0. The van der Waals surface area contributed by atoms with Crippen molar-refractivity contribution in [1.82, 2.24) is 0 Å². The van der Waals surface area contributed by atoms with Crippen LogP contribution in [0.1, 0.15) is 9.75 Å². The summed E-state index contributed by atoms with van der Waals surface area (Å²) in [6.07, 6.45) is 0. The number of thiocarbonyl (C=S) groups is 2. The van der Waals surface area contributed by atoms with Gasteiger partial charge in [-0.2, -0.15) is 0 Å². The molecule has 0 atom stereocenters. The molecule has 0 radical (unpaired) electrons. The lowest BCUT2D eigenvalue weighted by atomic mass is 10.4. The predicted octanol–water partition coefficient (Wildman–Crippen LogP) is 1.99. The zero-order valence-corrected chi connectivity index (χ0v) is 8.81. The summed E-state index contributed by atoms with van der Waals surface area (Å²) in [5.41, 5.74) is 5.16. The van der Waals surface area contributed by atoms with Crippen LogP contribution in [-0.4, -0.2) is 10.2 Å². The number of rotatable bonds is 1. The molecule has 0 aromatic carbocycles. The van der Waals surface area contributed by atoms with E-state index in [9.17, 15) is 0 Å². The second kappa shape index (κ2) is 3.93. The second-order valence-corrected chi connectivity index (χ2v) is 4.18. The van der Waals surface area contributed by atoms with Gasteiger partial charge in [-0.1, -0.05) is 0 Å². The SMILES string of the molecule is Cc1ccc(C(=S)OC(N)=S)s1. The highest BCUT2D eigenvalue weighted by molar-refractivity contribution is 7.81. The molecule has 0 fully saturated rings. The van der Waals surface area contributed by atoms with Crippen molar-refractivity contribution < 1.29 is 4.74 Å². The Morgan fingerprint density at radius 2 is 2.17 bits per heavy atom. The number of hydrogen-bond donors (Lipinski definition) is 1. The van der Waals surface area contributed by atoms with Crippen LogP contribution in [0.15, 0.2) is 12.1 Å². The van der Waals surface area contributed by atoms with Crippen LogP contribution in [0.25, 0.3) is 0 Å². The molecule has 1 aromatic heterocycles. The number of aryl methyl sites for hydroxylation is 1. The van der Waals surface area contributed by atoms with E-state index in [2.05, 4.69) is 12.2 Å². The predicted molar refractivity (Wildman–Crippen MR) is 58.6 cm³/mol. The third kappa shape index (κ3) is 2.51. The Morgan fingerprint density at radius 3 is 2.58 bits per heavy atom. The van der Waals surface area contributed by atoms with Crippen LogP contribution >= 0.6 is 35.8 Å². The van der Waals surface area contributed by atoms with Crippen LogP contribution < -0.4 is 5.73 Å². The average Bonchev–Trinajstić information content (AvgIpc) is 2.34. The van der Waals surface area contributed by atoms with Crippen LogP contribution in [0.4, 0.5) is 0 Å². The summed E-state index contributed by atoms with van der Waals surface area (Å²) in [7, 11) is 0. The summed E-state index contributed by atoms with van der Waals surface area (Å²) in [4.78, 5) is 2.06. The van der Waals surface area contributed by atoms with E-state index in [4.69, 9.17) is 22.7 Å². The Kier molecular flexibility index (Phi) is 3.13. The first-order valence-corrected chi connectivity index (χ1v) is 4.81. The molecule has 64 valence electrons. The van der Waals surface area contributed by atoms with Crippen molar-refractivity contribution in [3.63, 3.8) is 0 Å². The fourth-order valence-electron chi connectivity index (χ4n) is 0.686. The third-order valence-corrected chi connectivity index (χ3v) is 2.65. The maximum absolute atomic E-state index is 5.16. The minimum Gasteiger partial charge on any atom is -0.419 e. The maximum Gasteiger partial charge on any atom is 0.260 e. The van der Waals surface area contributed by atoms with E-state index in [-0.39, 0.29) is 5.17 Å². The Balaban J connectivity index is 2.72. The number of hydrogen-bond acceptors (Lipinski definition) is 4. The van der Waals surface area contributed by atoms with Crippen molar-refractivity contribution in [2.75, 3.05) is 0 Å². The molecular weight excluding hydrogens is 210 g/mol. The van der Waals surface area contributed by atoms with Crippen LogP contribution in [0.5, 0.6) is 0 Å². The average molecular weight is 217 g/mol. The van der Waals surface area contributed by atoms with Gasteiger partial charge < -0.3 is 10.5 Å². The molecule has 12 heavy (non-hydrogen) atoms. The first-order valence-electron chi connectivity index (χ1n) is 3.17. The van der Waals surface area contributed by atoms with Crippen molar-refractivity contribution in [3.8, 4) is 0 Å². The highest BCUT2D eigenvalue weighted by Crippen LogP contribution is 2.16. The molecule has 1 heterocycles. The van der Waals surface area contributed by atoms with Gasteiger partial charge in [0.1, 0.15) is 0 Å². The number of thiophene rings is 1. The molecule has 0 aliphatic carbocycles.